The number of nitrogens with one attached hydrogen (secondary N) is 1. The maximum absolute atomic E-state index is 13.2. The van der Waals surface area contributed by atoms with Crippen molar-refractivity contribution in [3.8, 4) is 5.75 Å². The van der Waals surface area contributed by atoms with E-state index >= 15 is 0 Å². The van der Waals surface area contributed by atoms with E-state index in [1.54, 1.807) is 48.4 Å². The second-order valence-electron chi connectivity index (χ2n) is 7.67. The summed E-state index contributed by atoms with van der Waals surface area (Å²) in [7, 11) is -2.19. The van der Waals surface area contributed by atoms with Gasteiger partial charge in [-0.25, -0.2) is 13.1 Å². The molecule has 3 aromatic rings. The van der Waals surface area contributed by atoms with Crippen LogP contribution in [0.2, 0.25) is 5.02 Å². The quantitative estimate of drug-likeness (QED) is 0.578. The monoisotopic (exact) mass is 470 g/mol. The summed E-state index contributed by atoms with van der Waals surface area (Å²) in [5.74, 6) is 0.581. The van der Waals surface area contributed by atoms with Crippen LogP contribution < -0.4 is 14.4 Å². The van der Waals surface area contributed by atoms with E-state index in [0.717, 1.165) is 23.2 Å². The second kappa shape index (κ2) is 8.94. The van der Waals surface area contributed by atoms with E-state index in [-0.39, 0.29) is 28.4 Å². The molecule has 0 saturated carbocycles. The number of benzene rings is 3. The number of hydrogen-bond acceptors (Lipinski definition) is 4. The summed E-state index contributed by atoms with van der Waals surface area (Å²) in [5, 5.41) is 0.166. The molecule has 0 aliphatic carbocycles. The summed E-state index contributed by atoms with van der Waals surface area (Å²) in [5.41, 5.74) is 3.17. The maximum Gasteiger partial charge on any atom is 0.258 e. The van der Waals surface area contributed by atoms with Gasteiger partial charge < -0.3 is 9.64 Å². The molecular weight excluding hydrogens is 448 g/mol. The van der Waals surface area contributed by atoms with Crippen molar-refractivity contribution in [3.05, 3.63) is 88.4 Å². The van der Waals surface area contributed by atoms with Gasteiger partial charge in [-0.3, -0.25) is 4.79 Å². The van der Waals surface area contributed by atoms with Crippen molar-refractivity contribution in [3.63, 3.8) is 0 Å². The van der Waals surface area contributed by atoms with Gasteiger partial charge >= 0.3 is 0 Å². The average Bonchev–Trinajstić information content (AvgIpc) is 3.12. The number of ether oxygens (including phenoxy) is 1. The van der Waals surface area contributed by atoms with E-state index in [2.05, 4.69) is 4.72 Å². The number of hydrogen-bond donors (Lipinski definition) is 1. The van der Waals surface area contributed by atoms with Crippen LogP contribution in [0.15, 0.2) is 71.6 Å². The first-order valence-electron chi connectivity index (χ1n) is 10.1. The van der Waals surface area contributed by atoms with Gasteiger partial charge in [0.1, 0.15) is 10.6 Å². The van der Waals surface area contributed by atoms with E-state index < -0.39 is 10.0 Å². The van der Waals surface area contributed by atoms with Crippen LogP contribution in [0, 0.1) is 0 Å². The van der Waals surface area contributed by atoms with Crippen LogP contribution in [0.5, 0.6) is 5.75 Å². The number of halogens is 1. The van der Waals surface area contributed by atoms with Crippen LogP contribution >= 0.6 is 11.6 Å². The molecule has 1 amide bonds. The number of amides is 1. The lowest BCUT2D eigenvalue weighted by Crippen LogP contribution is -2.35. The van der Waals surface area contributed by atoms with Crippen LogP contribution in [0.1, 0.15) is 28.4 Å². The molecule has 0 aromatic heterocycles. The molecule has 0 fully saturated rings. The minimum Gasteiger partial charge on any atom is -0.497 e. The lowest BCUT2D eigenvalue weighted by molar-refractivity contribution is 0.0981. The molecule has 4 rings (SSSR count). The Labute approximate surface area is 192 Å². The first-order valence-corrected chi connectivity index (χ1v) is 12.0. The molecule has 3 aromatic carbocycles. The summed E-state index contributed by atoms with van der Waals surface area (Å²) >= 11 is 6.04. The smallest absolute Gasteiger partial charge is 0.258 e. The zero-order chi connectivity index (χ0) is 22.9. The molecule has 0 saturated heterocycles. The van der Waals surface area contributed by atoms with Crippen molar-refractivity contribution >= 4 is 33.2 Å². The van der Waals surface area contributed by atoms with E-state index in [4.69, 9.17) is 16.3 Å². The van der Waals surface area contributed by atoms with Gasteiger partial charge in [0.15, 0.2) is 0 Å². The highest BCUT2D eigenvalue weighted by Crippen LogP contribution is 2.34. The SMILES string of the molecule is COc1ccc(C(=O)N2c3cc(CNS(=O)(=O)c4ccccc4Cl)ccc3C[C@@H]2C)cc1. The fourth-order valence-electron chi connectivity index (χ4n) is 3.86. The molecule has 32 heavy (non-hydrogen) atoms. The van der Waals surface area contributed by atoms with E-state index in [9.17, 15) is 13.2 Å². The zero-order valence-corrected chi connectivity index (χ0v) is 19.3. The molecule has 1 aliphatic heterocycles. The van der Waals surface area contributed by atoms with Crippen molar-refractivity contribution in [2.45, 2.75) is 30.8 Å². The predicted octanol–water partition coefficient (Wildman–Crippen LogP) is 4.42. The number of carbonyl (C=O) groups excluding carboxylic acids is 1. The third-order valence-electron chi connectivity index (χ3n) is 5.51. The number of sulfonamides is 1. The molecular formula is C24H23ClN2O4S. The molecule has 6 nitrogen and oxygen atoms in total. The van der Waals surface area contributed by atoms with Crippen LogP contribution in [-0.4, -0.2) is 27.5 Å². The van der Waals surface area contributed by atoms with Crippen LogP contribution in [0.3, 0.4) is 0 Å². The van der Waals surface area contributed by atoms with Crippen molar-refractivity contribution in [1.29, 1.82) is 0 Å². The summed E-state index contributed by atoms with van der Waals surface area (Å²) in [6.07, 6.45) is 0.739. The molecule has 0 radical (unpaired) electrons. The maximum atomic E-state index is 13.2. The lowest BCUT2D eigenvalue weighted by Gasteiger charge is -2.23. The lowest BCUT2D eigenvalue weighted by atomic mass is 10.1. The first kappa shape index (κ1) is 22.3. The van der Waals surface area contributed by atoms with Gasteiger partial charge in [0.25, 0.3) is 5.91 Å². The van der Waals surface area contributed by atoms with Crippen molar-refractivity contribution in [2.75, 3.05) is 12.0 Å². The standard InChI is InChI=1S/C24H23ClN2O4S/c1-16-13-19-8-7-17(15-26-32(29,30)23-6-4-3-5-21(23)25)14-22(19)27(16)24(28)18-9-11-20(31-2)12-10-18/h3-12,14,16,26H,13,15H2,1-2H3/t16-/m0/s1. The Kier molecular flexibility index (Phi) is 6.24. The van der Waals surface area contributed by atoms with Gasteiger partial charge in [-0.2, -0.15) is 0 Å². The highest BCUT2D eigenvalue weighted by atomic mass is 35.5. The molecule has 1 aliphatic rings. The number of anilines is 1. The third-order valence-corrected chi connectivity index (χ3v) is 7.41. The first-order chi connectivity index (χ1) is 15.3. The van der Waals surface area contributed by atoms with Crippen molar-refractivity contribution in [1.82, 2.24) is 4.72 Å². The minimum atomic E-state index is -3.77. The molecule has 166 valence electrons. The topological polar surface area (TPSA) is 75.7 Å². The Hall–Kier alpha value is -2.87. The van der Waals surface area contributed by atoms with Gasteiger partial charge in [0.2, 0.25) is 10.0 Å². The second-order valence-corrected chi connectivity index (χ2v) is 9.82. The average molecular weight is 471 g/mol. The van der Waals surface area contributed by atoms with Crippen LogP contribution in [-0.2, 0) is 23.0 Å². The summed E-state index contributed by atoms with van der Waals surface area (Å²) in [4.78, 5) is 15.0. The van der Waals surface area contributed by atoms with Crippen LogP contribution in [0.4, 0.5) is 5.69 Å². The van der Waals surface area contributed by atoms with Crippen molar-refractivity contribution < 1.29 is 17.9 Å². The summed E-state index contributed by atoms with van der Waals surface area (Å²) in [6, 6.07) is 19.0. The predicted molar refractivity (Wildman–Crippen MR) is 125 cm³/mol. The van der Waals surface area contributed by atoms with Gasteiger partial charge in [-0.05, 0) is 66.9 Å². The zero-order valence-electron chi connectivity index (χ0n) is 17.7. The van der Waals surface area contributed by atoms with Gasteiger partial charge in [0.05, 0.1) is 12.1 Å². The number of methoxy groups -OCH3 is 1. The molecule has 8 heteroatoms. The summed E-state index contributed by atoms with van der Waals surface area (Å²) in [6.45, 7) is 2.08. The normalized spacial score (nSPS) is 15.5. The number of rotatable bonds is 6. The Bertz CT molecular complexity index is 1260. The fraction of sp³-hybridized carbons (Fsp3) is 0.208. The Balaban J connectivity index is 1.56. The van der Waals surface area contributed by atoms with Gasteiger partial charge in [0, 0.05) is 23.8 Å². The number of carbonyl (C=O) groups is 1. The molecule has 0 unspecified atom stereocenters. The third kappa shape index (κ3) is 4.37. The van der Waals surface area contributed by atoms with Gasteiger partial charge in [-0.1, -0.05) is 35.9 Å². The number of nitrogens with zero attached hydrogens (tertiary/aromatic N) is 1. The Morgan fingerprint density at radius 1 is 1.12 bits per heavy atom. The Morgan fingerprint density at radius 3 is 2.53 bits per heavy atom. The molecule has 0 bridgehead atoms. The summed E-state index contributed by atoms with van der Waals surface area (Å²) < 4.78 is 33.1. The number of fused-ring (bicyclic) bond motifs is 1. The molecule has 1 heterocycles. The largest absolute Gasteiger partial charge is 0.497 e. The molecule has 1 N–H and O–H groups in total. The van der Waals surface area contributed by atoms with Crippen molar-refractivity contribution in [2.24, 2.45) is 0 Å². The minimum absolute atomic E-state index is 0.00494. The Morgan fingerprint density at radius 2 is 1.84 bits per heavy atom. The van der Waals surface area contributed by atoms with E-state index in [1.807, 2.05) is 25.1 Å². The van der Waals surface area contributed by atoms with Gasteiger partial charge in [-0.15, -0.1) is 0 Å². The molecule has 1 atom stereocenters. The highest BCUT2D eigenvalue weighted by Gasteiger charge is 2.32. The highest BCUT2D eigenvalue weighted by molar-refractivity contribution is 7.89. The van der Waals surface area contributed by atoms with E-state index in [0.29, 0.717) is 11.3 Å². The van der Waals surface area contributed by atoms with E-state index in [1.165, 1.54) is 12.1 Å². The van der Waals surface area contributed by atoms with Crippen LogP contribution in [0.25, 0.3) is 0 Å². The fourth-order valence-corrected chi connectivity index (χ4v) is 5.40. The molecule has 0 spiro atoms.